The molecule has 1 amide bonds. The van der Waals surface area contributed by atoms with Crippen molar-refractivity contribution in [2.24, 2.45) is 0 Å². The molecule has 0 aliphatic rings. The van der Waals surface area contributed by atoms with Crippen molar-refractivity contribution in [2.75, 3.05) is 0 Å². The molecule has 0 aliphatic carbocycles. The number of pyridine rings is 1. The number of carbonyl (C=O) groups excluding carboxylic acids is 1. The van der Waals surface area contributed by atoms with Crippen LogP contribution >= 0.6 is 0 Å². The highest BCUT2D eigenvalue weighted by atomic mass is 19.1. The topological polar surface area (TPSA) is 63.4 Å². The summed E-state index contributed by atoms with van der Waals surface area (Å²) in [5.41, 5.74) is 4.42. The Morgan fingerprint density at radius 1 is 1.11 bits per heavy atom. The summed E-state index contributed by atoms with van der Waals surface area (Å²) in [6.07, 6.45) is 0.384. The zero-order chi connectivity index (χ0) is 19.7. The van der Waals surface area contributed by atoms with E-state index in [1.54, 1.807) is 21.5 Å². The Balaban J connectivity index is 1.74. The van der Waals surface area contributed by atoms with Crippen molar-refractivity contribution in [1.29, 1.82) is 0 Å². The average molecular weight is 377 g/mol. The number of hydrogen-bond acceptors (Lipinski definition) is 4. The first-order valence-corrected chi connectivity index (χ1v) is 9.17. The minimum atomic E-state index is -0.293. The van der Waals surface area contributed by atoms with Gasteiger partial charge in [0.15, 0.2) is 5.65 Å². The van der Waals surface area contributed by atoms with E-state index in [2.05, 4.69) is 21.6 Å². The fraction of sp³-hybridized carbons (Fsp3) is 0.238. The minimum Gasteiger partial charge on any atom is -0.334 e. The molecule has 2 aromatic heterocycles. The predicted molar refractivity (Wildman–Crippen MR) is 104 cm³/mol. The third kappa shape index (κ3) is 3.43. The monoisotopic (exact) mass is 377 g/mol. The maximum Gasteiger partial charge on any atom is 0.222 e. The number of fused-ring (bicyclic) bond motifs is 3. The van der Waals surface area contributed by atoms with E-state index in [-0.39, 0.29) is 11.7 Å². The molecule has 28 heavy (non-hydrogen) atoms. The summed E-state index contributed by atoms with van der Waals surface area (Å²) in [6.45, 7) is 4.63. The number of aromatic nitrogens is 4. The molecule has 142 valence electrons. The predicted octanol–water partition coefficient (Wildman–Crippen LogP) is 3.66. The van der Waals surface area contributed by atoms with Crippen molar-refractivity contribution in [1.82, 2.24) is 24.9 Å². The van der Waals surface area contributed by atoms with Gasteiger partial charge in [-0.3, -0.25) is 4.79 Å². The van der Waals surface area contributed by atoms with Crippen molar-refractivity contribution in [3.8, 4) is 0 Å². The summed E-state index contributed by atoms with van der Waals surface area (Å²) in [7, 11) is 0. The molecule has 0 N–H and O–H groups in total. The van der Waals surface area contributed by atoms with Crippen molar-refractivity contribution in [2.45, 2.75) is 33.4 Å². The van der Waals surface area contributed by atoms with Gasteiger partial charge in [-0.15, -0.1) is 5.10 Å². The lowest BCUT2D eigenvalue weighted by Gasteiger charge is -2.23. The Kier molecular flexibility index (Phi) is 4.73. The van der Waals surface area contributed by atoms with E-state index in [4.69, 9.17) is 0 Å². The molecule has 7 heteroatoms. The molecule has 0 saturated heterocycles. The summed E-state index contributed by atoms with van der Waals surface area (Å²) in [4.78, 5) is 14.3. The summed E-state index contributed by atoms with van der Waals surface area (Å²) in [6, 6.07) is 14.3. The van der Waals surface area contributed by atoms with Crippen LogP contribution in [-0.2, 0) is 17.9 Å². The fourth-order valence-electron chi connectivity index (χ4n) is 3.37. The second kappa shape index (κ2) is 7.34. The second-order valence-corrected chi connectivity index (χ2v) is 6.88. The molecule has 4 rings (SSSR count). The zero-order valence-corrected chi connectivity index (χ0v) is 15.8. The standard InChI is InChI=1S/C21H20FN5O/c1-3-20(28)26(12-15-5-7-18(22)8-6-15)13-17-11-16-10-14(2)4-9-19(16)27-21(17)23-24-25-27/h4-11H,3,12-13H2,1-2H3. The number of amides is 1. The van der Waals surface area contributed by atoms with E-state index in [0.717, 1.165) is 27.6 Å². The summed E-state index contributed by atoms with van der Waals surface area (Å²) in [5.74, 6) is -0.280. The molecule has 0 radical (unpaired) electrons. The van der Waals surface area contributed by atoms with Crippen molar-refractivity contribution in [3.63, 3.8) is 0 Å². The molecule has 0 fully saturated rings. The minimum absolute atomic E-state index is 0.0132. The SMILES string of the molecule is CCC(=O)N(Cc1ccc(F)cc1)Cc1cc2cc(C)ccc2n2nnnc12. The van der Waals surface area contributed by atoms with Gasteiger partial charge in [-0.25, -0.2) is 4.39 Å². The molecular formula is C21H20FN5O. The highest BCUT2D eigenvalue weighted by Crippen LogP contribution is 2.22. The van der Waals surface area contributed by atoms with Gasteiger partial charge in [-0.2, -0.15) is 4.52 Å². The molecule has 2 heterocycles. The van der Waals surface area contributed by atoms with Gasteiger partial charge in [0.05, 0.1) is 5.52 Å². The molecule has 4 aromatic rings. The van der Waals surface area contributed by atoms with Crippen molar-refractivity contribution < 1.29 is 9.18 Å². The Labute approximate surface area is 161 Å². The first kappa shape index (κ1) is 18.0. The molecule has 0 bridgehead atoms. The summed E-state index contributed by atoms with van der Waals surface area (Å²) < 4.78 is 14.9. The van der Waals surface area contributed by atoms with Gasteiger partial charge < -0.3 is 4.90 Å². The van der Waals surface area contributed by atoms with Crippen LogP contribution in [0.3, 0.4) is 0 Å². The lowest BCUT2D eigenvalue weighted by molar-refractivity contribution is -0.132. The van der Waals surface area contributed by atoms with E-state index < -0.39 is 0 Å². The largest absolute Gasteiger partial charge is 0.334 e. The molecule has 0 unspecified atom stereocenters. The molecule has 0 spiro atoms. The molecular weight excluding hydrogens is 357 g/mol. The number of aryl methyl sites for hydroxylation is 1. The Morgan fingerprint density at radius 3 is 2.64 bits per heavy atom. The molecule has 2 aromatic carbocycles. The number of carbonyl (C=O) groups is 1. The first-order valence-electron chi connectivity index (χ1n) is 9.17. The Morgan fingerprint density at radius 2 is 1.89 bits per heavy atom. The lowest BCUT2D eigenvalue weighted by Crippen LogP contribution is -2.29. The van der Waals surface area contributed by atoms with Crippen molar-refractivity contribution in [3.05, 3.63) is 71.0 Å². The number of halogens is 1. The normalized spacial score (nSPS) is 11.2. The van der Waals surface area contributed by atoms with Crippen LogP contribution < -0.4 is 0 Å². The van der Waals surface area contributed by atoms with Crippen LogP contribution in [0, 0.1) is 12.7 Å². The van der Waals surface area contributed by atoms with E-state index >= 15 is 0 Å². The third-order valence-electron chi connectivity index (χ3n) is 4.80. The van der Waals surface area contributed by atoms with E-state index in [0.29, 0.717) is 25.2 Å². The van der Waals surface area contributed by atoms with Crippen molar-refractivity contribution >= 4 is 22.5 Å². The third-order valence-corrected chi connectivity index (χ3v) is 4.80. The summed E-state index contributed by atoms with van der Waals surface area (Å²) >= 11 is 0. The first-order chi connectivity index (χ1) is 13.5. The number of rotatable bonds is 5. The quantitative estimate of drug-likeness (QED) is 0.532. The molecule has 0 saturated carbocycles. The maximum absolute atomic E-state index is 13.2. The number of hydrogen-bond donors (Lipinski definition) is 0. The van der Waals surface area contributed by atoms with Gasteiger partial charge in [0.1, 0.15) is 5.82 Å². The highest BCUT2D eigenvalue weighted by Gasteiger charge is 2.17. The molecule has 0 atom stereocenters. The van der Waals surface area contributed by atoms with Crippen LogP contribution in [0.15, 0.2) is 48.5 Å². The summed E-state index contributed by atoms with van der Waals surface area (Å²) in [5, 5.41) is 13.1. The van der Waals surface area contributed by atoms with E-state index in [1.807, 2.05) is 32.0 Å². The fourth-order valence-corrected chi connectivity index (χ4v) is 3.37. The number of nitrogens with zero attached hydrogens (tertiary/aromatic N) is 5. The van der Waals surface area contributed by atoms with Crippen LogP contribution in [0.2, 0.25) is 0 Å². The van der Waals surface area contributed by atoms with Gasteiger partial charge in [0.2, 0.25) is 5.91 Å². The Hall–Kier alpha value is -3.35. The van der Waals surface area contributed by atoms with Crippen LogP contribution in [0.5, 0.6) is 0 Å². The van der Waals surface area contributed by atoms with Gasteiger partial charge >= 0.3 is 0 Å². The van der Waals surface area contributed by atoms with E-state index in [9.17, 15) is 9.18 Å². The van der Waals surface area contributed by atoms with Crippen LogP contribution in [0.4, 0.5) is 4.39 Å². The molecule has 0 aliphatic heterocycles. The van der Waals surface area contributed by atoms with Crippen LogP contribution in [0.1, 0.15) is 30.0 Å². The highest BCUT2D eigenvalue weighted by molar-refractivity contribution is 5.84. The van der Waals surface area contributed by atoms with Gasteiger partial charge in [-0.1, -0.05) is 30.7 Å². The lowest BCUT2D eigenvalue weighted by atomic mass is 10.1. The van der Waals surface area contributed by atoms with E-state index in [1.165, 1.54) is 12.1 Å². The van der Waals surface area contributed by atoms with Crippen LogP contribution in [-0.4, -0.2) is 30.8 Å². The smallest absolute Gasteiger partial charge is 0.222 e. The zero-order valence-electron chi connectivity index (χ0n) is 15.8. The average Bonchev–Trinajstić information content (AvgIpc) is 3.18. The second-order valence-electron chi connectivity index (χ2n) is 6.88. The maximum atomic E-state index is 13.2. The van der Waals surface area contributed by atoms with Gasteiger partial charge in [0.25, 0.3) is 0 Å². The van der Waals surface area contributed by atoms with Gasteiger partial charge in [0, 0.05) is 30.5 Å². The number of tetrazole rings is 1. The molecule has 6 nitrogen and oxygen atoms in total. The van der Waals surface area contributed by atoms with Gasteiger partial charge in [-0.05, 0) is 53.2 Å². The van der Waals surface area contributed by atoms with Crippen LogP contribution in [0.25, 0.3) is 16.6 Å². The Bertz CT molecular complexity index is 1150. The number of benzene rings is 2.